The first-order chi connectivity index (χ1) is 10.1. The molecule has 0 radical (unpaired) electrons. The molecule has 2 rings (SSSR count). The standard InChI is InChI=1S/C14H23N5O2/c1-9-8-12(13(15)18-20)17-14(16-9)19(6-7-21-3)10(2)11-4-5-11/h8,10-11,20H,4-7H2,1-3H3,(H2,15,18). The van der Waals surface area contributed by atoms with Gasteiger partial charge in [0.05, 0.1) is 6.61 Å². The van der Waals surface area contributed by atoms with Crippen molar-refractivity contribution in [3.8, 4) is 0 Å². The molecule has 1 aliphatic rings. The molecule has 1 aliphatic carbocycles. The van der Waals surface area contributed by atoms with Gasteiger partial charge in [-0.2, -0.15) is 0 Å². The molecule has 0 saturated heterocycles. The van der Waals surface area contributed by atoms with E-state index in [0.717, 1.165) is 5.69 Å². The summed E-state index contributed by atoms with van der Waals surface area (Å²) in [6.45, 7) is 5.37. The predicted molar refractivity (Wildman–Crippen MR) is 80.7 cm³/mol. The Balaban J connectivity index is 2.31. The minimum absolute atomic E-state index is 0.00693. The fourth-order valence-electron chi connectivity index (χ4n) is 2.37. The van der Waals surface area contributed by atoms with Crippen LogP contribution in [0.2, 0.25) is 0 Å². The highest BCUT2D eigenvalue weighted by atomic mass is 16.5. The molecule has 1 saturated carbocycles. The second-order valence-electron chi connectivity index (χ2n) is 5.44. The molecule has 7 heteroatoms. The lowest BCUT2D eigenvalue weighted by atomic mass is 10.2. The lowest BCUT2D eigenvalue weighted by Gasteiger charge is -2.29. The maximum Gasteiger partial charge on any atom is 0.226 e. The van der Waals surface area contributed by atoms with Gasteiger partial charge < -0.3 is 20.6 Å². The van der Waals surface area contributed by atoms with Crippen LogP contribution in [0.15, 0.2) is 11.2 Å². The van der Waals surface area contributed by atoms with Gasteiger partial charge in [-0.25, -0.2) is 9.97 Å². The lowest BCUT2D eigenvalue weighted by Crippen LogP contribution is -2.39. The summed E-state index contributed by atoms with van der Waals surface area (Å²) >= 11 is 0. The Labute approximate surface area is 124 Å². The van der Waals surface area contributed by atoms with Crippen molar-refractivity contribution in [2.45, 2.75) is 32.7 Å². The maximum atomic E-state index is 8.83. The fourth-order valence-corrected chi connectivity index (χ4v) is 2.37. The highest BCUT2D eigenvalue weighted by Gasteiger charge is 2.33. The molecule has 0 aromatic carbocycles. The SMILES string of the molecule is COCCN(c1nc(C)cc(/C(N)=N/O)n1)C(C)C1CC1. The molecule has 21 heavy (non-hydrogen) atoms. The number of amidine groups is 1. The largest absolute Gasteiger partial charge is 0.409 e. The Hall–Kier alpha value is -1.89. The van der Waals surface area contributed by atoms with E-state index >= 15 is 0 Å². The van der Waals surface area contributed by atoms with Crippen LogP contribution in [-0.2, 0) is 4.74 Å². The monoisotopic (exact) mass is 293 g/mol. The van der Waals surface area contributed by atoms with Crippen LogP contribution in [0.4, 0.5) is 5.95 Å². The number of methoxy groups -OCH3 is 1. The van der Waals surface area contributed by atoms with Crippen LogP contribution in [0.5, 0.6) is 0 Å². The Bertz CT molecular complexity index is 516. The minimum Gasteiger partial charge on any atom is -0.409 e. The van der Waals surface area contributed by atoms with Crippen molar-refractivity contribution in [3.05, 3.63) is 17.5 Å². The Morgan fingerprint density at radius 1 is 1.57 bits per heavy atom. The topological polar surface area (TPSA) is 96.9 Å². The molecule has 3 N–H and O–H groups in total. The van der Waals surface area contributed by atoms with Gasteiger partial charge in [0.25, 0.3) is 0 Å². The van der Waals surface area contributed by atoms with Crippen molar-refractivity contribution in [1.29, 1.82) is 0 Å². The van der Waals surface area contributed by atoms with Gasteiger partial charge in [-0.15, -0.1) is 0 Å². The van der Waals surface area contributed by atoms with Gasteiger partial charge in [-0.1, -0.05) is 5.16 Å². The Morgan fingerprint density at radius 3 is 2.86 bits per heavy atom. The summed E-state index contributed by atoms with van der Waals surface area (Å²) in [5, 5.41) is 11.8. The molecule has 0 spiro atoms. The Morgan fingerprint density at radius 2 is 2.29 bits per heavy atom. The summed E-state index contributed by atoms with van der Waals surface area (Å²) in [7, 11) is 1.68. The zero-order valence-electron chi connectivity index (χ0n) is 12.8. The van der Waals surface area contributed by atoms with Crippen molar-refractivity contribution in [3.63, 3.8) is 0 Å². The number of hydrogen-bond donors (Lipinski definition) is 2. The number of rotatable bonds is 7. The van der Waals surface area contributed by atoms with Gasteiger partial charge in [0, 0.05) is 25.4 Å². The molecule has 1 aromatic heterocycles. The van der Waals surface area contributed by atoms with Gasteiger partial charge in [0.15, 0.2) is 5.84 Å². The number of ether oxygens (including phenoxy) is 1. The third kappa shape index (κ3) is 3.81. The second-order valence-corrected chi connectivity index (χ2v) is 5.44. The smallest absolute Gasteiger partial charge is 0.226 e. The molecule has 0 amide bonds. The molecular formula is C14H23N5O2. The molecule has 0 bridgehead atoms. The number of hydrogen-bond acceptors (Lipinski definition) is 6. The van der Waals surface area contributed by atoms with Crippen molar-refractivity contribution in [2.24, 2.45) is 16.8 Å². The van der Waals surface area contributed by atoms with E-state index in [1.165, 1.54) is 12.8 Å². The number of nitrogens with two attached hydrogens (primary N) is 1. The number of nitrogens with zero attached hydrogens (tertiary/aromatic N) is 4. The van der Waals surface area contributed by atoms with Crippen LogP contribution in [0, 0.1) is 12.8 Å². The molecule has 116 valence electrons. The first-order valence-corrected chi connectivity index (χ1v) is 7.16. The first-order valence-electron chi connectivity index (χ1n) is 7.16. The van der Waals surface area contributed by atoms with Crippen LogP contribution >= 0.6 is 0 Å². The summed E-state index contributed by atoms with van der Waals surface area (Å²) in [5.74, 6) is 1.28. The van der Waals surface area contributed by atoms with E-state index in [0.29, 0.717) is 36.8 Å². The molecule has 1 heterocycles. The highest BCUT2D eigenvalue weighted by Crippen LogP contribution is 2.36. The molecule has 1 fully saturated rings. The van der Waals surface area contributed by atoms with Crippen molar-refractivity contribution >= 4 is 11.8 Å². The highest BCUT2D eigenvalue weighted by molar-refractivity contribution is 5.95. The van der Waals surface area contributed by atoms with Gasteiger partial charge in [-0.05, 0) is 38.7 Å². The zero-order chi connectivity index (χ0) is 15.4. The molecule has 1 aromatic rings. The van der Waals surface area contributed by atoms with E-state index in [9.17, 15) is 0 Å². The normalized spacial score (nSPS) is 16.8. The van der Waals surface area contributed by atoms with E-state index in [-0.39, 0.29) is 5.84 Å². The number of oxime groups is 1. The van der Waals surface area contributed by atoms with E-state index in [1.54, 1.807) is 13.2 Å². The lowest BCUT2D eigenvalue weighted by molar-refractivity contribution is 0.202. The van der Waals surface area contributed by atoms with Gasteiger partial charge in [0.1, 0.15) is 5.69 Å². The first kappa shape index (κ1) is 15.5. The maximum absolute atomic E-state index is 8.83. The van der Waals surface area contributed by atoms with Crippen LogP contribution < -0.4 is 10.6 Å². The van der Waals surface area contributed by atoms with Gasteiger partial charge in [0.2, 0.25) is 5.95 Å². The summed E-state index contributed by atoms with van der Waals surface area (Å²) < 4.78 is 5.19. The van der Waals surface area contributed by atoms with Crippen LogP contribution in [-0.4, -0.2) is 47.3 Å². The quantitative estimate of drug-likeness (QED) is 0.338. The summed E-state index contributed by atoms with van der Waals surface area (Å²) in [6.07, 6.45) is 2.48. The van der Waals surface area contributed by atoms with Gasteiger partial charge >= 0.3 is 0 Å². The third-order valence-corrected chi connectivity index (χ3v) is 3.80. The van der Waals surface area contributed by atoms with E-state index in [1.807, 2.05) is 6.92 Å². The van der Waals surface area contributed by atoms with E-state index < -0.39 is 0 Å². The second kappa shape index (κ2) is 6.71. The van der Waals surface area contributed by atoms with Crippen molar-refractivity contribution < 1.29 is 9.94 Å². The number of anilines is 1. The summed E-state index contributed by atoms with van der Waals surface area (Å²) in [6, 6.07) is 2.05. The van der Waals surface area contributed by atoms with Crippen LogP contribution in [0.25, 0.3) is 0 Å². The average Bonchev–Trinajstić information content (AvgIpc) is 3.30. The minimum atomic E-state index is -0.00693. The van der Waals surface area contributed by atoms with E-state index in [4.69, 9.17) is 15.7 Å². The molecule has 1 atom stereocenters. The molecular weight excluding hydrogens is 270 g/mol. The molecule has 0 aliphatic heterocycles. The summed E-state index contributed by atoms with van der Waals surface area (Å²) in [4.78, 5) is 11.1. The zero-order valence-corrected chi connectivity index (χ0v) is 12.8. The van der Waals surface area contributed by atoms with Crippen LogP contribution in [0.3, 0.4) is 0 Å². The van der Waals surface area contributed by atoms with Crippen LogP contribution in [0.1, 0.15) is 31.2 Å². The van der Waals surface area contributed by atoms with E-state index in [2.05, 4.69) is 26.9 Å². The summed E-state index contributed by atoms with van der Waals surface area (Å²) in [5.41, 5.74) is 6.87. The van der Waals surface area contributed by atoms with Crippen molar-refractivity contribution in [2.75, 3.05) is 25.2 Å². The average molecular weight is 293 g/mol. The fraction of sp³-hybridized carbons (Fsp3) is 0.643. The van der Waals surface area contributed by atoms with Gasteiger partial charge in [-0.3, -0.25) is 0 Å². The molecule has 7 nitrogen and oxygen atoms in total. The number of aromatic nitrogens is 2. The Kier molecular flexibility index (Phi) is 4.95. The number of aryl methyl sites for hydroxylation is 1. The van der Waals surface area contributed by atoms with Crippen molar-refractivity contribution in [1.82, 2.24) is 9.97 Å². The third-order valence-electron chi connectivity index (χ3n) is 3.80. The predicted octanol–water partition coefficient (Wildman–Crippen LogP) is 1.13. The molecule has 1 unspecified atom stereocenters.